The lowest BCUT2D eigenvalue weighted by Gasteiger charge is -2.22. The van der Waals surface area contributed by atoms with Gasteiger partial charge in [-0.1, -0.05) is 32.6 Å². The Morgan fingerprint density at radius 1 is 0.950 bits per heavy atom. The first-order valence-electron chi connectivity index (χ1n) is 7.49. The summed E-state index contributed by atoms with van der Waals surface area (Å²) in [5.74, 6) is -0.189. The van der Waals surface area contributed by atoms with Crippen LogP contribution in [0.1, 0.15) is 51.9 Å². The Morgan fingerprint density at radius 2 is 1.65 bits per heavy atom. The number of carbonyl (C=O) groups excluding carboxylic acids is 2. The van der Waals surface area contributed by atoms with E-state index in [0.717, 1.165) is 12.8 Å². The van der Waals surface area contributed by atoms with Crippen molar-refractivity contribution in [3.8, 4) is 0 Å². The molecule has 0 bridgehead atoms. The Balaban J connectivity index is 4.02. The third-order valence-corrected chi connectivity index (χ3v) is 3.23. The summed E-state index contributed by atoms with van der Waals surface area (Å²) in [7, 11) is 2.96. The zero-order chi connectivity index (χ0) is 15.2. The first-order valence-corrected chi connectivity index (χ1v) is 7.49. The van der Waals surface area contributed by atoms with E-state index in [1.165, 1.54) is 26.4 Å². The van der Waals surface area contributed by atoms with Gasteiger partial charge in [-0.2, -0.15) is 0 Å². The Morgan fingerprint density at radius 3 is 2.25 bits per heavy atom. The van der Waals surface area contributed by atoms with E-state index in [4.69, 9.17) is 4.74 Å². The second-order valence-corrected chi connectivity index (χ2v) is 4.86. The predicted molar refractivity (Wildman–Crippen MR) is 78.5 cm³/mol. The molecule has 0 fully saturated rings. The lowest BCUT2D eigenvalue weighted by molar-refractivity contribution is -0.142. The van der Waals surface area contributed by atoms with Crippen LogP contribution in [0.15, 0.2) is 0 Å². The van der Waals surface area contributed by atoms with Gasteiger partial charge in [0, 0.05) is 26.6 Å². The van der Waals surface area contributed by atoms with Crippen molar-refractivity contribution in [2.45, 2.75) is 51.9 Å². The molecule has 0 aromatic carbocycles. The fourth-order valence-corrected chi connectivity index (χ4v) is 1.93. The summed E-state index contributed by atoms with van der Waals surface area (Å²) in [5.41, 5.74) is 0. The minimum absolute atomic E-state index is 0.0995. The van der Waals surface area contributed by atoms with Gasteiger partial charge in [-0.05, 0) is 6.42 Å². The van der Waals surface area contributed by atoms with Gasteiger partial charge in [-0.25, -0.2) is 0 Å². The summed E-state index contributed by atoms with van der Waals surface area (Å²) in [5, 5.41) is 0. The number of amides is 1. The number of ether oxygens (including phenoxy) is 2. The van der Waals surface area contributed by atoms with Crippen LogP contribution in [0, 0.1) is 0 Å². The number of rotatable bonds is 12. The van der Waals surface area contributed by atoms with Crippen molar-refractivity contribution in [3.63, 3.8) is 0 Å². The molecular weight excluding hydrogens is 258 g/mol. The number of carbonyl (C=O) groups is 2. The number of unbranched alkanes of at least 4 members (excludes halogenated alkanes) is 4. The molecule has 0 unspecified atom stereocenters. The average molecular weight is 287 g/mol. The quantitative estimate of drug-likeness (QED) is 0.408. The monoisotopic (exact) mass is 287 g/mol. The van der Waals surface area contributed by atoms with Crippen LogP contribution in [-0.2, 0) is 19.1 Å². The van der Waals surface area contributed by atoms with Crippen molar-refractivity contribution < 1.29 is 19.1 Å². The molecule has 0 saturated carbocycles. The van der Waals surface area contributed by atoms with Crippen molar-refractivity contribution >= 4 is 11.9 Å². The predicted octanol–water partition coefficient (Wildman–Crippen LogP) is 2.39. The van der Waals surface area contributed by atoms with Crippen molar-refractivity contribution in [1.29, 1.82) is 0 Å². The maximum Gasteiger partial charge on any atom is 0.307 e. The molecule has 0 aliphatic rings. The van der Waals surface area contributed by atoms with Crippen LogP contribution in [0.2, 0.25) is 0 Å². The summed E-state index contributed by atoms with van der Waals surface area (Å²) in [4.78, 5) is 24.9. The fraction of sp³-hybridized carbons (Fsp3) is 0.867. The lowest BCUT2D eigenvalue weighted by Crippen LogP contribution is -2.35. The van der Waals surface area contributed by atoms with Gasteiger partial charge in [-0.3, -0.25) is 9.59 Å². The molecule has 0 saturated heterocycles. The van der Waals surface area contributed by atoms with E-state index < -0.39 is 0 Å². The van der Waals surface area contributed by atoms with E-state index in [1.807, 2.05) is 0 Å². The van der Waals surface area contributed by atoms with Gasteiger partial charge >= 0.3 is 5.97 Å². The molecule has 0 atom stereocenters. The van der Waals surface area contributed by atoms with E-state index in [-0.39, 0.29) is 18.3 Å². The highest BCUT2D eigenvalue weighted by Gasteiger charge is 2.14. The molecule has 0 aromatic heterocycles. The minimum atomic E-state index is -0.289. The topological polar surface area (TPSA) is 55.8 Å². The van der Waals surface area contributed by atoms with Gasteiger partial charge in [0.25, 0.3) is 0 Å². The van der Waals surface area contributed by atoms with Crippen LogP contribution in [0.4, 0.5) is 0 Å². The van der Waals surface area contributed by atoms with Crippen LogP contribution in [0.3, 0.4) is 0 Å². The van der Waals surface area contributed by atoms with Crippen LogP contribution in [-0.4, -0.2) is 50.7 Å². The normalized spacial score (nSPS) is 10.3. The van der Waals surface area contributed by atoms with Crippen molar-refractivity contribution in [3.05, 3.63) is 0 Å². The second kappa shape index (κ2) is 12.9. The molecule has 0 heterocycles. The van der Waals surface area contributed by atoms with Gasteiger partial charge < -0.3 is 14.4 Å². The first kappa shape index (κ1) is 18.9. The number of hydrogen-bond donors (Lipinski definition) is 0. The van der Waals surface area contributed by atoms with Crippen LogP contribution >= 0.6 is 0 Å². The van der Waals surface area contributed by atoms with Crippen LogP contribution < -0.4 is 0 Å². The molecule has 20 heavy (non-hydrogen) atoms. The molecule has 1 amide bonds. The Labute approximate surface area is 122 Å². The third kappa shape index (κ3) is 9.78. The van der Waals surface area contributed by atoms with Crippen molar-refractivity contribution in [1.82, 2.24) is 4.90 Å². The van der Waals surface area contributed by atoms with Gasteiger partial charge in [0.15, 0.2) is 0 Å². The molecule has 0 N–H and O–H groups in total. The van der Waals surface area contributed by atoms with Gasteiger partial charge in [0.1, 0.15) is 0 Å². The third-order valence-electron chi connectivity index (χ3n) is 3.23. The highest BCUT2D eigenvalue weighted by Crippen LogP contribution is 2.07. The van der Waals surface area contributed by atoms with Gasteiger partial charge in [-0.15, -0.1) is 0 Å². The summed E-state index contributed by atoms with van der Waals surface area (Å²) in [6.45, 7) is 3.60. The van der Waals surface area contributed by atoms with Gasteiger partial charge in [0.05, 0.1) is 20.1 Å². The second-order valence-electron chi connectivity index (χ2n) is 4.86. The van der Waals surface area contributed by atoms with Gasteiger partial charge in [0.2, 0.25) is 5.91 Å². The summed E-state index contributed by atoms with van der Waals surface area (Å²) < 4.78 is 9.61. The maximum absolute atomic E-state index is 12.1. The molecule has 0 spiro atoms. The lowest BCUT2D eigenvalue weighted by atomic mass is 10.1. The van der Waals surface area contributed by atoms with E-state index >= 15 is 0 Å². The Hall–Kier alpha value is -1.10. The van der Waals surface area contributed by atoms with Crippen LogP contribution in [0.25, 0.3) is 0 Å². The molecule has 0 rings (SSSR count). The maximum atomic E-state index is 12.1. The van der Waals surface area contributed by atoms with E-state index in [2.05, 4.69) is 11.7 Å². The molecule has 0 aliphatic carbocycles. The minimum Gasteiger partial charge on any atom is -0.469 e. The summed E-state index contributed by atoms with van der Waals surface area (Å²) in [6, 6.07) is 0. The highest BCUT2D eigenvalue weighted by atomic mass is 16.5. The molecule has 0 aromatic rings. The van der Waals surface area contributed by atoms with Crippen LogP contribution in [0.5, 0.6) is 0 Å². The standard InChI is InChI=1S/C15H29NO4/c1-4-5-6-7-8-9-14(17)16(12-13-19-2)11-10-15(18)20-3/h4-13H2,1-3H3. The number of methoxy groups -OCH3 is 2. The average Bonchev–Trinajstić information content (AvgIpc) is 2.46. The smallest absolute Gasteiger partial charge is 0.307 e. The molecule has 5 heteroatoms. The van der Waals surface area contributed by atoms with E-state index in [1.54, 1.807) is 12.0 Å². The number of esters is 1. The highest BCUT2D eigenvalue weighted by molar-refractivity contribution is 5.77. The SMILES string of the molecule is CCCCCCCC(=O)N(CCOC)CCC(=O)OC. The summed E-state index contributed by atoms with van der Waals surface area (Å²) >= 11 is 0. The number of nitrogens with zero attached hydrogens (tertiary/aromatic N) is 1. The Bertz CT molecular complexity index is 269. The zero-order valence-electron chi connectivity index (χ0n) is 13.2. The molecule has 5 nitrogen and oxygen atoms in total. The van der Waals surface area contributed by atoms with E-state index in [0.29, 0.717) is 26.1 Å². The summed E-state index contributed by atoms with van der Waals surface area (Å²) in [6.07, 6.45) is 6.41. The molecule has 0 radical (unpaired) electrons. The Kier molecular flexibility index (Phi) is 12.2. The van der Waals surface area contributed by atoms with Crippen molar-refractivity contribution in [2.24, 2.45) is 0 Å². The van der Waals surface area contributed by atoms with E-state index in [9.17, 15) is 9.59 Å². The fourth-order valence-electron chi connectivity index (χ4n) is 1.93. The number of hydrogen-bond acceptors (Lipinski definition) is 4. The molecule has 0 aliphatic heterocycles. The zero-order valence-corrected chi connectivity index (χ0v) is 13.2. The van der Waals surface area contributed by atoms with Crippen molar-refractivity contribution in [2.75, 3.05) is 33.9 Å². The largest absolute Gasteiger partial charge is 0.469 e. The molecule has 118 valence electrons. The first-order chi connectivity index (χ1) is 9.65. The molecular formula is C15H29NO4.